The molecule has 2 rings (SSSR count). The molecule has 8 heteroatoms. The molecule has 1 atom stereocenters. The smallest absolute Gasteiger partial charge is 0.230 e. The molecule has 0 spiro atoms. The quantitative estimate of drug-likeness (QED) is 0.523. The Morgan fingerprint density at radius 1 is 1.36 bits per heavy atom. The van der Waals surface area contributed by atoms with Crippen LogP contribution in [0.1, 0.15) is 38.1 Å². The third kappa shape index (κ3) is 5.67. The maximum Gasteiger partial charge on any atom is 0.230 e. The molecule has 1 aromatic carbocycles. The van der Waals surface area contributed by atoms with Crippen molar-refractivity contribution in [2.45, 2.75) is 44.3 Å². The van der Waals surface area contributed by atoms with E-state index in [1.54, 1.807) is 7.11 Å². The Bertz CT molecular complexity index is 687. The molecule has 0 fully saturated rings. The molecule has 136 valence electrons. The van der Waals surface area contributed by atoms with Crippen molar-refractivity contribution in [2.24, 2.45) is 0 Å². The van der Waals surface area contributed by atoms with Crippen LogP contribution in [0.5, 0.6) is 5.75 Å². The van der Waals surface area contributed by atoms with E-state index in [2.05, 4.69) is 22.4 Å². The number of benzene rings is 1. The van der Waals surface area contributed by atoms with Crippen LogP contribution < -0.4 is 15.9 Å². The predicted molar refractivity (Wildman–Crippen MR) is 99.2 cm³/mol. The SMILES string of the molecule is CCC[C@H](C)NC(=O)CSc1nnc(Cc2ccc(OC)cc2)n1N. The fraction of sp³-hybridized carbons (Fsp3) is 0.471. The van der Waals surface area contributed by atoms with Gasteiger partial charge in [-0.05, 0) is 31.0 Å². The van der Waals surface area contributed by atoms with Crippen molar-refractivity contribution in [3.8, 4) is 5.75 Å². The number of hydrogen-bond donors (Lipinski definition) is 2. The first-order chi connectivity index (χ1) is 12.0. The summed E-state index contributed by atoms with van der Waals surface area (Å²) in [5.74, 6) is 7.75. The molecule has 7 nitrogen and oxygen atoms in total. The monoisotopic (exact) mass is 363 g/mol. The Morgan fingerprint density at radius 2 is 2.08 bits per heavy atom. The fourth-order valence-corrected chi connectivity index (χ4v) is 3.09. The number of nitrogens with two attached hydrogens (primary N) is 1. The van der Waals surface area contributed by atoms with Crippen LogP contribution >= 0.6 is 11.8 Å². The van der Waals surface area contributed by atoms with E-state index in [-0.39, 0.29) is 17.7 Å². The predicted octanol–water partition coefficient (Wildman–Crippen LogP) is 1.99. The summed E-state index contributed by atoms with van der Waals surface area (Å²) in [7, 11) is 1.63. The molecule has 3 N–H and O–H groups in total. The van der Waals surface area contributed by atoms with Crippen molar-refractivity contribution in [2.75, 3.05) is 18.7 Å². The van der Waals surface area contributed by atoms with Crippen LogP contribution in [-0.2, 0) is 11.2 Å². The highest BCUT2D eigenvalue weighted by atomic mass is 32.2. The second kappa shape index (κ2) is 9.31. The molecule has 25 heavy (non-hydrogen) atoms. The van der Waals surface area contributed by atoms with Crippen LogP contribution in [0.15, 0.2) is 29.4 Å². The molecule has 1 aromatic heterocycles. The van der Waals surface area contributed by atoms with E-state index >= 15 is 0 Å². The number of carbonyl (C=O) groups excluding carboxylic acids is 1. The first-order valence-electron chi connectivity index (χ1n) is 8.28. The van der Waals surface area contributed by atoms with Gasteiger partial charge < -0.3 is 15.9 Å². The number of nitrogens with one attached hydrogen (secondary N) is 1. The molecule has 1 heterocycles. The van der Waals surface area contributed by atoms with Gasteiger partial charge in [0.25, 0.3) is 0 Å². The van der Waals surface area contributed by atoms with Gasteiger partial charge in [-0.25, -0.2) is 4.68 Å². The molecule has 2 aromatic rings. The van der Waals surface area contributed by atoms with Crippen LogP contribution in [0.3, 0.4) is 0 Å². The highest BCUT2D eigenvalue weighted by Gasteiger charge is 2.13. The summed E-state index contributed by atoms with van der Waals surface area (Å²) in [5.41, 5.74) is 1.06. The highest BCUT2D eigenvalue weighted by molar-refractivity contribution is 7.99. The number of rotatable bonds is 9. The van der Waals surface area contributed by atoms with Crippen molar-refractivity contribution in [1.29, 1.82) is 0 Å². The number of thioether (sulfide) groups is 1. The van der Waals surface area contributed by atoms with Gasteiger partial charge in [-0.15, -0.1) is 10.2 Å². The molecule has 0 aliphatic carbocycles. The van der Waals surface area contributed by atoms with Crippen LogP contribution in [0.4, 0.5) is 0 Å². The van der Waals surface area contributed by atoms with Crippen molar-refractivity contribution in [3.05, 3.63) is 35.7 Å². The third-order valence-electron chi connectivity index (χ3n) is 3.72. The molecule has 0 unspecified atom stereocenters. The molecule has 0 bridgehead atoms. The standard InChI is InChI=1S/C17H25N5O2S/c1-4-5-12(2)19-16(23)11-25-17-21-20-15(22(17)18)10-13-6-8-14(24-3)9-7-13/h6-9,12H,4-5,10-11,18H2,1-3H3,(H,19,23)/t12-/m0/s1. The normalized spacial score (nSPS) is 12.0. The van der Waals surface area contributed by atoms with Gasteiger partial charge >= 0.3 is 0 Å². The average Bonchev–Trinajstić information content (AvgIpc) is 2.94. The number of amides is 1. The lowest BCUT2D eigenvalue weighted by atomic mass is 10.1. The van der Waals surface area contributed by atoms with E-state index in [9.17, 15) is 4.79 Å². The molecule has 1 amide bonds. The van der Waals surface area contributed by atoms with Crippen molar-refractivity contribution in [1.82, 2.24) is 20.2 Å². The summed E-state index contributed by atoms with van der Waals surface area (Å²) in [6.07, 6.45) is 2.57. The molecular formula is C17H25N5O2S. The van der Waals surface area contributed by atoms with E-state index in [4.69, 9.17) is 10.6 Å². The van der Waals surface area contributed by atoms with E-state index in [0.29, 0.717) is 17.4 Å². The molecule has 0 aliphatic rings. The van der Waals surface area contributed by atoms with Crippen LogP contribution in [0.2, 0.25) is 0 Å². The summed E-state index contributed by atoms with van der Waals surface area (Å²) < 4.78 is 6.59. The van der Waals surface area contributed by atoms with Crippen LogP contribution in [0, 0.1) is 0 Å². The lowest BCUT2D eigenvalue weighted by Gasteiger charge is -2.12. The lowest BCUT2D eigenvalue weighted by Crippen LogP contribution is -2.33. The molecule has 0 aliphatic heterocycles. The molecule has 0 saturated carbocycles. The molecule has 0 saturated heterocycles. The zero-order valence-corrected chi connectivity index (χ0v) is 15.7. The van der Waals surface area contributed by atoms with Gasteiger partial charge in [-0.1, -0.05) is 37.2 Å². The zero-order chi connectivity index (χ0) is 18.2. The largest absolute Gasteiger partial charge is 0.497 e. The summed E-state index contributed by atoms with van der Waals surface area (Å²) in [6.45, 7) is 4.10. The van der Waals surface area contributed by atoms with Crippen LogP contribution in [-0.4, -0.2) is 39.7 Å². The van der Waals surface area contributed by atoms with E-state index < -0.39 is 0 Å². The average molecular weight is 363 g/mol. The second-order valence-corrected chi connectivity index (χ2v) is 6.78. The Kier molecular flexibility index (Phi) is 7.12. The number of methoxy groups -OCH3 is 1. The van der Waals surface area contributed by atoms with Gasteiger partial charge in [0, 0.05) is 12.5 Å². The minimum Gasteiger partial charge on any atom is -0.497 e. The molecule has 0 radical (unpaired) electrons. The number of hydrogen-bond acceptors (Lipinski definition) is 6. The van der Waals surface area contributed by atoms with Gasteiger partial charge in [-0.2, -0.15) is 0 Å². The topological polar surface area (TPSA) is 95.1 Å². The van der Waals surface area contributed by atoms with E-state index in [1.165, 1.54) is 16.4 Å². The van der Waals surface area contributed by atoms with E-state index in [0.717, 1.165) is 24.2 Å². The Morgan fingerprint density at radius 3 is 2.72 bits per heavy atom. The van der Waals surface area contributed by atoms with Gasteiger partial charge in [0.2, 0.25) is 11.1 Å². The number of carbonyl (C=O) groups is 1. The summed E-state index contributed by atoms with van der Waals surface area (Å²) in [5, 5.41) is 11.7. The van der Waals surface area contributed by atoms with Crippen LogP contribution in [0.25, 0.3) is 0 Å². The lowest BCUT2D eigenvalue weighted by molar-refractivity contribution is -0.119. The Labute approximate surface area is 152 Å². The first-order valence-corrected chi connectivity index (χ1v) is 9.26. The van der Waals surface area contributed by atoms with Gasteiger partial charge in [-0.3, -0.25) is 4.79 Å². The second-order valence-electron chi connectivity index (χ2n) is 5.84. The van der Waals surface area contributed by atoms with Crippen molar-refractivity contribution in [3.63, 3.8) is 0 Å². The number of nitrogen functional groups attached to an aromatic ring is 1. The maximum absolute atomic E-state index is 11.9. The minimum absolute atomic E-state index is 0.0225. The highest BCUT2D eigenvalue weighted by Crippen LogP contribution is 2.17. The zero-order valence-electron chi connectivity index (χ0n) is 14.9. The summed E-state index contributed by atoms with van der Waals surface area (Å²) in [6, 6.07) is 7.89. The van der Waals surface area contributed by atoms with Gasteiger partial charge in [0.05, 0.1) is 12.9 Å². The van der Waals surface area contributed by atoms with Crippen molar-refractivity contribution >= 4 is 17.7 Å². The third-order valence-corrected chi connectivity index (χ3v) is 4.66. The van der Waals surface area contributed by atoms with E-state index in [1.807, 2.05) is 31.2 Å². The molecular weight excluding hydrogens is 338 g/mol. The minimum atomic E-state index is -0.0225. The Hall–Kier alpha value is -2.22. The Balaban J connectivity index is 1.90. The van der Waals surface area contributed by atoms with Gasteiger partial charge in [0.15, 0.2) is 5.82 Å². The fourth-order valence-electron chi connectivity index (χ4n) is 2.40. The number of nitrogens with zero attached hydrogens (tertiary/aromatic N) is 3. The number of ether oxygens (including phenoxy) is 1. The summed E-state index contributed by atoms with van der Waals surface area (Å²) in [4.78, 5) is 11.9. The first kappa shape index (κ1) is 19.1. The summed E-state index contributed by atoms with van der Waals surface area (Å²) >= 11 is 1.28. The van der Waals surface area contributed by atoms with Crippen molar-refractivity contribution < 1.29 is 9.53 Å². The maximum atomic E-state index is 11.9. The number of aromatic nitrogens is 3. The van der Waals surface area contributed by atoms with Gasteiger partial charge in [0.1, 0.15) is 5.75 Å².